The van der Waals surface area contributed by atoms with Gasteiger partial charge in [-0.05, 0) is 34.1 Å². The summed E-state index contributed by atoms with van der Waals surface area (Å²) < 4.78 is 14.3. The predicted molar refractivity (Wildman–Crippen MR) is 68.6 cm³/mol. The molecule has 0 radical (unpaired) electrons. The van der Waals surface area contributed by atoms with Crippen LogP contribution in [0.4, 0.5) is 10.1 Å². The van der Waals surface area contributed by atoms with Gasteiger partial charge in [-0.3, -0.25) is 0 Å². The maximum Gasteiger partial charge on any atom is 0.139 e. The summed E-state index contributed by atoms with van der Waals surface area (Å²) in [7, 11) is 0. The van der Waals surface area contributed by atoms with Crippen LogP contribution < -0.4 is 5.32 Å². The predicted octanol–water partition coefficient (Wildman–Crippen LogP) is 4.31. The third kappa shape index (κ3) is 2.93. The smallest absolute Gasteiger partial charge is 0.139 e. The molecule has 0 spiro atoms. The molecule has 0 bridgehead atoms. The van der Waals surface area contributed by atoms with Crippen molar-refractivity contribution in [2.45, 2.75) is 6.54 Å². The summed E-state index contributed by atoms with van der Waals surface area (Å²) in [5.74, 6) is -0.290. The van der Waals surface area contributed by atoms with E-state index in [0.29, 0.717) is 21.0 Å². The summed E-state index contributed by atoms with van der Waals surface area (Å²) in [6, 6.07) is 4.88. The van der Waals surface area contributed by atoms with Crippen molar-refractivity contribution in [1.29, 1.82) is 0 Å². The number of benzene rings is 1. The van der Waals surface area contributed by atoms with Gasteiger partial charge in [0.25, 0.3) is 0 Å². The van der Waals surface area contributed by atoms with Crippen LogP contribution in [-0.4, -0.2) is 4.98 Å². The summed E-state index contributed by atoms with van der Waals surface area (Å²) in [6.45, 7) is 0.540. The zero-order valence-electron chi connectivity index (χ0n) is 8.01. The number of halogens is 3. The minimum atomic E-state index is -0.290. The minimum Gasteiger partial charge on any atom is -0.378 e. The van der Waals surface area contributed by atoms with Crippen LogP contribution >= 0.6 is 38.9 Å². The van der Waals surface area contributed by atoms with Gasteiger partial charge < -0.3 is 5.32 Å². The van der Waals surface area contributed by atoms with Crippen molar-refractivity contribution >= 4 is 44.6 Å². The van der Waals surface area contributed by atoms with E-state index in [1.54, 1.807) is 18.3 Å². The molecule has 0 amide bonds. The minimum absolute atomic E-state index is 0.290. The number of hydrogen-bond donors (Lipinski definition) is 1. The third-order valence-corrected chi connectivity index (χ3v) is 3.65. The first-order valence-electron chi connectivity index (χ1n) is 4.44. The van der Waals surface area contributed by atoms with Gasteiger partial charge in [-0.2, -0.15) is 0 Å². The Morgan fingerprint density at radius 2 is 2.31 bits per heavy atom. The molecule has 0 aliphatic carbocycles. The Labute approximate surface area is 110 Å². The Kier molecular flexibility index (Phi) is 3.78. The number of rotatable bonds is 3. The lowest BCUT2D eigenvalue weighted by molar-refractivity contribution is 0.621. The van der Waals surface area contributed by atoms with Crippen molar-refractivity contribution in [2.75, 3.05) is 5.32 Å². The maximum atomic E-state index is 13.2. The molecule has 0 atom stereocenters. The van der Waals surface area contributed by atoms with Gasteiger partial charge in [-0.15, -0.1) is 11.3 Å². The fraction of sp³-hybridized carbons (Fsp3) is 0.100. The molecule has 0 saturated carbocycles. The van der Waals surface area contributed by atoms with Crippen molar-refractivity contribution in [3.8, 4) is 0 Å². The van der Waals surface area contributed by atoms with Gasteiger partial charge in [0.2, 0.25) is 0 Å². The lowest BCUT2D eigenvalue weighted by Gasteiger charge is -2.04. The Morgan fingerprint density at radius 1 is 1.50 bits per heavy atom. The first kappa shape index (κ1) is 11.8. The van der Waals surface area contributed by atoms with E-state index >= 15 is 0 Å². The van der Waals surface area contributed by atoms with Crippen LogP contribution in [-0.2, 0) is 6.54 Å². The molecule has 0 saturated heterocycles. The molecular formula is C10H7BrClFN2S. The van der Waals surface area contributed by atoms with Crippen LogP contribution in [0.5, 0.6) is 0 Å². The zero-order chi connectivity index (χ0) is 11.5. The quantitative estimate of drug-likeness (QED) is 0.911. The summed E-state index contributed by atoms with van der Waals surface area (Å²) in [6.07, 6.45) is 1.60. The Bertz CT molecular complexity index is 503. The molecule has 2 rings (SSSR count). The first-order valence-corrected chi connectivity index (χ1v) is 6.43. The molecule has 84 valence electrons. The van der Waals surface area contributed by atoms with Gasteiger partial charge in [0.05, 0.1) is 17.2 Å². The van der Waals surface area contributed by atoms with Gasteiger partial charge in [-0.25, -0.2) is 9.37 Å². The summed E-state index contributed by atoms with van der Waals surface area (Å²) in [4.78, 5) is 4.09. The number of hydrogen-bond acceptors (Lipinski definition) is 3. The standard InChI is InChI=1S/C10H7BrClFN2S/c11-7-2-1-6(3-8(7)13)14-5-10-15-4-9(12)16-10/h1-4,14H,5H2. The number of nitrogens with one attached hydrogen (secondary N) is 1. The molecule has 1 aromatic carbocycles. The molecule has 2 aromatic rings. The fourth-order valence-electron chi connectivity index (χ4n) is 1.15. The molecule has 2 nitrogen and oxygen atoms in total. The van der Waals surface area contributed by atoms with Crippen LogP contribution in [0.3, 0.4) is 0 Å². The van der Waals surface area contributed by atoms with E-state index in [9.17, 15) is 4.39 Å². The lowest BCUT2D eigenvalue weighted by Crippen LogP contribution is -1.98. The molecule has 0 fully saturated rings. The summed E-state index contributed by atoms with van der Waals surface area (Å²) in [5.41, 5.74) is 0.715. The second kappa shape index (κ2) is 5.12. The fourth-order valence-corrected chi connectivity index (χ4v) is 2.30. The normalized spacial score (nSPS) is 10.4. The summed E-state index contributed by atoms with van der Waals surface area (Å²) in [5, 5.41) is 3.94. The van der Waals surface area contributed by atoms with E-state index in [1.165, 1.54) is 17.4 Å². The Hall–Kier alpha value is -0.650. The number of thiazole rings is 1. The van der Waals surface area contributed by atoms with Gasteiger partial charge in [0, 0.05) is 5.69 Å². The van der Waals surface area contributed by atoms with Crippen LogP contribution in [0.25, 0.3) is 0 Å². The Morgan fingerprint density at radius 3 is 2.94 bits per heavy atom. The van der Waals surface area contributed by atoms with Crippen molar-refractivity contribution in [3.05, 3.63) is 44.0 Å². The largest absolute Gasteiger partial charge is 0.378 e. The van der Waals surface area contributed by atoms with Crippen molar-refractivity contribution in [3.63, 3.8) is 0 Å². The van der Waals surface area contributed by atoms with E-state index in [4.69, 9.17) is 11.6 Å². The highest BCUT2D eigenvalue weighted by atomic mass is 79.9. The first-order chi connectivity index (χ1) is 7.65. The van der Waals surface area contributed by atoms with Gasteiger partial charge in [-0.1, -0.05) is 11.6 Å². The van der Waals surface area contributed by atoms with E-state index in [1.807, 2.05) is 0 Å². The second-order valence-electron chi connectivity index (χ2n) is 3.04. The number of anilines is 1. The highest BCUT2D eigenvalue weighted by Crippen LogP contribution is 2.22. The molecule has 16 heavy (non-hydrogen) atoms. The zero-order valence-corrected chi connectivity index (χ0v) is 11.2. The van der Waals surface area contributed by atoms with Gasteiger partial charge in [0.15, 0.2) is 0 Å². The Balaban J connectivity index is 2.02. The third-order valence-electron chi connectivity index (χ3n) is 1.89. The topological polar surface area (TPSA) is 24.9 Å². The summed E-state index contributed by atoms with van der Waals surface area (Å²) >= 11 is 10.3. The molecular weight excluding hydrogens is 315 g/mol. The van der Waals surface area contributed by atoms with E-state index in [2.05, 4.69) is 26.2 Å². The van der Waals surface area contributed by atoms with Gasteiger partial charge in [0.1, 0.15) is 15.2 Å². The molecule has 1 N–H and O–H groups in total. The van der Waals surface area contributed by atoms with Gasteiger partial charge >= 0.3 is 0 Å². The SMILES string of the molecule is Fc1cc(NCc2ncc(Cl)s2)ccc1Br. The van der Waals surface area contributed by atoms with Crippen LogP contribution in [0.1, 0.15) is 5.01 Å². The maximum absolute atomic E-state index is 13.2. The average Bonchev–Trinajstić information content (AvgIpc) is 2.66. The van der Waals surface area contributed by atoms with Crippen LogP contribution in [0.15, 0.2) is 28.9 Å². The van der Waals surface area contributed by atoms with Crippen molar-refractivity contribution < 1.29 is 4.39 Å². The molecule has 0 aliphatic heterocycles. The van der Waals surface area contributed by atoms with Crippen molar-refractivity contribution in [2.24, 2.45) is 0 Å². The second-order valence-corrected chi connectivity index (χ2v) is 5.64. The molecule has 1 aromatic heterocycles. The van der Waals surface area contributed by atoms with E-state index in [-0.39, 0.29) is 5.82 Å². The monoisotopic (exact) mass is 320 g/mol. The molecule has 0 unspecified atom stereocenters. The molecule has 0 aliphatic rings. The van der Waals surface area contributed by atoms with E-state index < -0.39 is 0 Å². The number of nitrogens with zero attached hydrogens (tertiary/aromatic N) is 1. The molecule has 1 heterocycles. The molecule has 6 heteroatoms. The van der Waals surface area contributed by atoms with Crippen molar-refractivity contribution in [1.82, 2.24) is 4.98 Å². The van der Waals surface area contributed by atoms with Crippen LogP contribution in [0, 0.1) is 5.82 Å². The average molecular weight is 322 g/mol. The van der Waals surface area contributed by atoms with E-state index in [0.717, 1.165) is 5.01 Å². The highest BCUT2D eigenvalue weighted by molar-refractivity contribution is 9.10. The number of aromatic nitrogens is 1. The lowest BCUT2D eigenvalue weighted by atomic mass is 10.3. The highest BCUT2D eigenvalue weighted by Gasteiger charge is 2.02. The van der Waals surface area contributed by atoms with Crippen LogP contribution in [0.2, 0.25) is 4.34 Å².